The predicted molar refractivity (Wildman–Crippen MR) is 98.0 cm³/mol. The number of piperidine rings is 1. The fourth-order valence-corrected chi connectivity index (χ4v) is 3.16. The van der Waals surface area contributed by atoms with E-state index in [-0.39, 0.29) is 18.2 Å². The highest BCUT2D eigenvalue weighted by molar-refractivity contribution is 5.80. The van der Waals surface area contributed by atoms with Crippen LogP contribution in [0.15, 0.2) is 34.6 Å². The Bertz CT molecular complexity index is 708. The predicted octanol–water partition coefficient (Wildman–Crippen LogP) is 3.78. The molecule has 26 heavy (non-hydrogen) atoms. The number of amides is 1. The van der Waals surface area contributed by atoms with Crippen LogP contribution in [0.4, 0.5) is 8.78 Å². The Hall–Kier alpha value is -2.57. The first-order valence-corrected chi connectivity index (χ1v) is 8.51. The van der Waals surface area contributed by atoms with E-state index >= 15 is 0 Å². The highest BCUT2D eigenvalue weighted by atomic mass is 19.1. The van der Waals surface area contributed by atoms with E-state index in [0.29, 0.717) is 24.9 Å². The highest BCUT2D eigenvalue weighted by Crippen LogP contribution is 2.29. The van der Waals surface area contributed by atoms with Crippen molar-refractivity contribution in [3.8, 4) is 0 Å². The number of nitrogens with zero attached hydrogens (tertiary/aromatic N) is 2. The fraction of sp³-hybridized carbons (Fsp3) is 0.421. The molecule has 0 saturated carbocycles. The van der Waals surface area contributed by atoms with E-state index in [0.717, 1.165) is 23.6 Å². The molecule has 1 amide bonds. The lowest BCUT2D eigenvalue weighted by Crippen LogP contribution is -2.39. The van der Waals surface area contributed by atoms with Crippen molar-refractivity contribution < 1.29 is 13.6 Å². The zero-order valence-corrected chi connectivity index (χ0v) is 15.1. The summed E-state index contributed by atoms with van der Waals surface area (Å²) in [7, 11) is 0. The zero-order valence-electron chi connectivity index (χ0n) is 15.1. The van der Waals surface area contributed by atoms with E-state index in [4.69, 9.17) is 5.41 Å². The van der Waals surface area contributed by atoms with Crippen LogP contribution >= 0.6 is 0 Å². The molecule has 0 radical (unpaired) electrons. The Labute approximate surface area is 152 Å². The maximum atomic E-state index is 13.5. The molecule has 7 heteroatoms. The SMILES string of the molecule is C=NN1CC[C@@H](C(=O)N[C@@H](CC=N)c2cc(F)cc(F)c2)CC1=C(C)C. The summed E-state index contributed by atoms with van der Waals surface area (Å²) in [6.45, 7) is 8.07. The van der Waals surface area contributed by atoms with Gasteiger partial charge in [-0.2, -0.15) is 5.10 Å². The molecule has 140 valence electrons. The summed E-state index contributed by atoms with van der Waals surface area (Å²) in [4.78, 5) is 12.7. The molecule has 1 fully saturated rings. The summed E-state index contributed by atoms with van der Waals surface area (Å²) in [6.07, 6.45) is 2.43. The van der Waals surface area contributed by atoms with Crippen molar-refractivity contribution in [2.75, 3.05) is 6.54 Å². The average molecular weight is 362 g/mol. The van der Waals surface area contributed by atoms with E-state index in [1.54, 1.807) is 5.01 Å². The van der Waals surface area contributed by atoms with Crippen molar-refractivity contribution in [3.05, 3.63) is 46.7 Å². The Morgan fingerprint density at radius 2 is 2.08 bits per heavy atom. The van der Waals surface area contributed by atoms with Gasteiger partial charge in [-0.3, -0.25) is 9.80 Å². The molecule has 1 heterocycles. The van der Waals surface area contributed by atoms with Crippen LogP contribution < -0.4 is 5.32 Å². The number of rotatable bonds is 6. The fourth-order valence-electron chi connectivity index (χ4n) is 3.16. The summed E-state index contributed by atoms with van der Waals surface area (Å²) < 4.78 is 27.0. The van der Waals surface area contributed by atoms with Crippen LogP contribution in [-0.2, 0) is 4.79 Å². The molecule has 1 aliphatic heterocycles. The van der Waals surface area contributed by atoms with Gasteiger partial charge < -0.3 is 10.7 Å². The number of halogens is 2. The maximum Gasteiger partial charge on any atom is 0.224 e. The molecular formula is C19H24F2N4O. The lowest BCUT2D eigenvalue weighted by atomic mass is 9.91. The van der Waals surface area contributed by atoms with E-state index in [2.05, 4.69) is 17.1 Å². The second-order valence-electron chi connectivity index (χ2n) is 6.60. The van der Waals surface area contributed by atoms with Gasteiger partial charge in [0.1, 0.15) is 11.6 Å². The first kappa shape index (κ1) is 19.8. The molecule has 0 aliphatic carbocycles. The number of hydrogen-bond donors (Lipinski definition) is 2. The van der Waals surface area contributed by atoms with Crippen molar-refractivity contribution in [3.63, 3.8) is 0 Å². The summed E-state index contributed by atoms with van der Waals surface area (Å²) >= 11 is 0. The number of hydrazone groups is 1. The summed E-state index contributed by atoms with van der Waals surface area (Å²) in [6, 6.07) is 2.51. The van der Waals surface area contributed by atoms with E-state index < -0.39 is 17.7 Å². The molecule has 0 bridgehead atoms. The Morgan fingerprint density at radius 1 is 1.42 bits per heavy atom. The topological polar surface area (TPSA) is 68.6 Å². The number of carbonyl (C=O) groups excluding carboxylic acids is 1. The molecule has 2 rings (SSSR count). The molecule has 5 nitrogen and oxygen atoms in total. The number of nitrogens with one attached hydrogen (secondary N) is 2. The third-order valence-electron chi connectivity index (χ3n) is 4.52. The second-order valence-corrected chi connectivity index (χ2v) is 6.60. The Kier molecular flexibility index (Phi) is 6.60. The quantitative estimate of drug-likeness (QED) is 0.756. The number of carbonyl (C=O) groups is 1. The number of benzene rings is 1. The van der Waals surface area contributed by atoms with Crippen LogP contribution in [-0.4, -0.2) is 30.4 Å². The van der Waals surface area contributed by atoms with Gasteiger partial charge in [0, 0.05) is 43.8 Å². The second kappa shape index (κ2) is 8.69. The molecule has 1 aromatic rings. The van der Waals surface area contributed by atoms with Gasteiger partial charge in [-0.25, -0.2) is 8.78 Å². The minimum atomic E-state index is -0.707. The summed E-state index contributed by atoms with van der Waals surface area (Å²) in [5.74, 6) is -1.86. The summed E-state index contributed by atoms with van der Waals surface area (Å²) in [5, 5.41) is 15.9. The minimum absolute atomic E-state index is 0.164. The molecule has 1 aromatic carbocycles. The third kappa shape index (κ3) is 4.74. The lowest BCUT2D eigenvalue weighted by molar-refractivity contribution is -0.126. The maximum absolute atomic E-state index is 13.5. The minimum Gasteiger partial charge on any atom is -0.349 e. The third-order valence-corrected chi connectivity index (χ3v) is 4.52. The van der Waals surface area contributed by atoms with Gasteiger partial charge in [-0.1, -0.05) is 5.57 Å². The van der Waals surface area contributed by atoms with Crippen LogP contribution in [0.3, 0.4) is 0 Å². The van der Waals surface area contributed by atoms with Gasteiger partial charge >= 0.3 is 0 Å². The molecule has 2 N–H and O–H groups in total. The van der Waals surface area contributed by atoms with Crippen molar-refractivity contribution in [2.45, 2.75) is 39.2 Å². The van der Waals surface area contributed by atoms with Gasteiger partial charge in [-0.05, 0) is 44.2 Å². The highest BCUT2D eigenvalue weighted by Gasteiger charge is 2.29. The molecule has 1 aliphatic rings. The van der Waals surface area contributed by atoms with Crippen molar-refractivity contribution >= 4 is 18.8 Å². The average Bonchev–Trinajstić information content (AvgIpc) is 2.59. The number of allylic oxidation sites excluding steroid dienone is 2. The first-order chi connectivity index (χ1) is 12.3. The monoisotopic (exact) mass is 362 g/mol. The van der Waals surface area contributed by atoms with Crippen molar-refractivity contribution in [1.29, 1.82) is 5.41 Å². The van der Waals surface area contributed by atoms with E-state index in [9.17, 15) is 13.6 Å². The van der Waals surface area contributed by atoms with E-state index in [1.165, 1.54) is 12.1 Å². The normalized spacial score (nSPS) is 18.2. The van der Waals surface area contributed by atoms with Crippen molar-refractivity contribution in [2.24, 2.45) is 11.0 Å². The summed E-state index contributed by atoms with van der Waals surface area (Å²) in [5.41, 5.74) is 2.34. The van der Waals surface area contributed by atoms with Gasteiger partial charge in [0.05, 0.1) is 6.04 Å². The van der Waals surface area contributed by atoms with Gasteiger partial charge in [0.15, 0.2) is 0 Å². The molecule has 2 atom stereocenters. The number of hydrogen-bond acceptors (Lipinski definition) is 4. The van der Waals surface area contributed by atoms with Crippen LogP contribution in [0.5, 0.6) is 0 Å². The lowest BCUT2D eigenvalue weighted by Gasteiger charge is -2.33. The van der Waals surface area contributed by atoms with Crippen LogP contribution in [0, 0.1) is 23.0 Å². The standard InChI is InChI=1S/C19H24F2N4O/c1-12(2)18-10-13(5-7-25(18)23-3)19(26)24-17(4-6-22)14-8-15(20)11-16(21)9-14/h6,8-9,11,13,17,22H,3-5,7,10H2,1-2H3,(H,24,26)/t13-,17+/m1/s1. The molecule has 0 unspecified atom stereocenters. The van der Waals surface area contributed by atoms with E-state index in [1.807, 2.05) is 13.8 Å². The van der Waals surface area contributed by atoms with Gasteiger partial charge in [0.2, 0.25) is 5.91 Å². The zero-order chi connectivity index (χ0) is 19.3. The van der Waals surface area contributed by atoms with Gasteiger partial charge in [0.25, 0.3) is 0 Å². The van der Waals surface area contributed by atoms with Crippen molar-refractivity contribution in [1.82, 2.24) is 10.3 Å². The van der Waals surface area contributed by atoms with Crippen LogP contribution in [0.25, 0.3) is 0 Å². The van der Waals surface area contributed by atoms with Crippen LogP contribution in [0.1, 0.15) is 44.7 Å². The van der Waals surface area contributed by atoms with Gasteiger partial charge in [-0.15, -0.1) is 0 Å². The molecule has 0 spiro atoms. The molecule has 1 saturated heterocycles. The largest absolute Gasteiger partial charge is 0.349 e. The first-order valence-electron chi connectivity index (χ1n) is 8.51. The smallest absolute Gasteiger partial charge is 0.224 e. The molecular weight excluding hydrogens is 338 g/mol. The Morgan fingerprint density at radius 3 is 2.62 bits per heavy atom. The van der Waals surface area contributed by atoms with Crippen LogP contribution in [0.2, 0.25) is 0 Å². The Balaban J connectivity index is 2.16. The molecule has 0 aromatic heterocycles.